The zero-order valence-corrected chi connectivity index (χ0v) is 13.3. The minimum atomic E-state index is -4.09. The minimum Gasteiger partial charge on any atom is -0.480 e. The monoisotopic (exact) mass is 341 g/mol. The molecule has 2 N–H and O–H groups in total. The molecule has 0 aliphatic rings. The zero-order valence-electron chi connectivity index (χ0n) is 12.5. The van der Waals surface area contributed by atoms with Crippen LogP contribution in [0.3, 0.4) is 0 Å². The molecule has 9 heteroatoms. The van der Waals surface area contributed by atoms with E-state index in [0.717, 1.165) is 17.1 Å². The summed E-state index contributed by atoms with van der Waals surface area (Å²) in [5.74, 6) is -2.27. The molecule has 1 aromatic carbocycles. The molecule has 23 heavy (non-hydrogen) atoms. The van der Waals surface area contributed by atoms with Gasteiger partial charge in [-0.2, -0.15) is 9.82 Å². The summed E-state index contributed by atoms with van der Waals surface area (Å²) in [5, 5.41) is 12.9. The van der Waals surface area contributed by atoms with Gasteiger partial charge in [-0.3, -0.25) is 4.79 Å². The number of para-hydroxylation sites is 1. The quantitative estimate of drug-likeness (QED) is 0.827. The fraction of sp³-hybridized carbons (Fsp3) is 0.286. The van der Waals surface area contributed by atoms with Gasteiger partial charge in [0.1, 0.15) is 22.4 Å². The number of nitrogens with one attached hydrogen (secondary N) is 1. The van der Waals surface area contributed by atoms with Crippen molar-refractivity contribution in [2.75, 3.05) is 0 Å². The van der Waals surface area contributed by atoms with Crippen molar-refractivity contribution in [1.29, 1.82) is 0 Å². The van der Waals surface area contributed by atoms with Crippen molar-refractivity contribution in [3.63, 3.8) is 0 Å². The van der Waals surface area contributed by atoms with Crippen molar-refractivity contribution in [3.8, 4) is 5.69 Å². The molecule has 1 aromatic heterocycles. The molecule has 0 amide bonds. The molecule has 1 unspecified atom stereocenters. The Kier molecular flexibility index (Phi) is 4.81. The fourth-order valence-corrected chi connectivity index (χ4v) is 3.19. The van der Waals surface area contributed by atoms with Crippen molar-refractivity contribution in [2.45, 2.75) is 24.8 Å². The standard InChI is InChI=1S/C14H16FN3O4S/c1-9(2)13(14(19)20)17-23(21,22)10-7-16-18(8-10)12-6-4-3-5-11(12)15/h3-9,13,17H,1-2H3,(H,19,20). The van der Waals surface area contributed by atoms with Crippen LogP contribution in [0.2, 0.25) is 0 Å². The lowest BCUT2D eigenvalue weighted by Crippen LogP contribution is -2.44. The number of halogens is 1. The van der Waals surface area contributed by atoms with Crippen LogP contribution in [0.5, 0.6) is 0 Å². The number of rotatable bonds is 6. The number of benzene rings is 1. The maximum Gasteiger partial charge on any atom is 0.322 e. The second-order valence-corrected chi connectivity index (χ2v) is 6.97. The molecule has 1 heterocycles. The van der Waals surface area contributed by atoms with Crippen molar-refractivity contribution in [1.82, 2.24) is 14.5 Å². The molecule has 0 aliphatic carbocycles. The van der Waals surface area contributed by atoms with E-state index >= 15 is 0 Å². The predicted molar refractivity (Wildman–Crippen MR) is 80.1 cm³/mol. The number of sulfonamides is 1. The maximum absolute atomic E-state index is 13.7. The van der Waals surface area contributed by atoms with Gasteiger partial charge in [-0.1, -0.05) is 26.0 Å². The Morgan fingerprint density at radius 2 is 2.00 bits per heavy atom. The largest absolute Gasteiger partial charge is 0.480 e. The van der Waals surface area contributed by atoms with Crippen molar-refractivity contribution in [2.24, 2.45) is 5.92 Å². The highest BCUT2D eigenvalue weighted by Crippen LogP contribution is 2.16. The Morgan fingerprint density at radius 3 is 2.57 bits per heavy atom. The average molecular weight is 341 g/mol. The van der Waals surface area contributed by atoms with Gasteiger partial charge in [0, 0.05) is 0 Å². The third-order valence-corrected chi connectivity index (χ3v) is 4.58. The summed E-state index contributed by atoms with van der Waals surface area (Å²) in [4.78, 5) is 10.9. The Labute approximate surface area is 132 Å². The molecule has 0 saturated carbocycles. The molecule has 124 valence electrons. The Morgan fingerprint density at radius 1 is 1.35 bits per heavy atom. The minimum absolute atomic E-state index is 0.0904. The van der Waals surface area contributed by atoms with Crippen LogP contribution in [0.4, 0.5) is 4.39 Å². The van der Waals surface area contributed by atoms with E-state index in [0.29, 0.717) is 0 Å². The number of hydrogen-bond acceptors (Lipinski definition) is 4. The Hall–Kier alpha value is -2.26. The summed E-state index contributed by atoms with van der Waals surface area (Å²) in [5.41, 5.74) is 0.0904. The molecule has 2 rings (SSSR count). The molecule has 0 aliphatic heterocycles. The van der Waals surface area contributed by atoms with Gasteiger partial charge in [-0.25, -0.2) is 17.5 Å². The van der Waals surface area contributed by atoms with E-state index in [1.54, 1.807) is 19.9 Å². The number of carboxylic acid groups (broad SMARTS) is 1. The second kappa shape index (κ2) is 6.47. The molecular weight excluding hydrogens is 325 g/mol. The van der Waals surface area contributed by atoms with E-state index in [9.17, 15) is 17.6 Å². The van der Waals surface area contributed by atoms with Crippen LogP contribution in [0.15, 0.2) is 41.6 Å². The highest BCUT2D eigenvalue weighted by atomic mass is 32.2. The van der Waals surface area contributed by atoms with E-state index in [-0.39, 0.29) is 10.6 Å². The fourth-order valence-electron chi connectivity index (χ4n) is 1.92. The Bertz CT molecular complexity index is 817. The van der Waals surface area contributed by atoms with Crippen LogP contribution in [0.25, 0.3) is 5.69 Å². The second-order valence-electron chi connectivity index (χ2n) is 5.25. The average Bonchev–Trinajstić information content (AvgIpc) is 2.95. The maximum atomic E-state index is 13.7. The third kappa shape index (κ3) is 3.74. The molecule has 0 fully saturated rings. The van der Waals surface area contributed by atoms with Gasteiger partial charge in [0.25, 0.3) is 0 Å². The van der Waals surface area contributed by atoms with E-state index in [1.807, 2.05) is 0 Å². The molecule has 0 bridgehead atoms. The summed E-state index contributed by atoms with van der Waals surface area (Å²) in [6, 6.07) is 4.49. The summed E-state index contributed by atoms with van der Waals surface area (Å²) < 4.78 is 41.4. The number of carboxylic acids is 1. The lowest BCUT2D eigenvalue weighted by Gasteiger charge is -2.17. The molecule has 0 spiro atoms. The summed E-state index contributed by atoms with van der Waals surface area (Å²) >= 11 is 0. The van der Waals surface area contributed by atoms with Crippen molar-refractivity contribution in [3.05, 3.63) is 42.5 Å². The molecule has 1 atom stereocenters. The highest BCUT2D eigenvalue weighted by Gasteiger charge is 2.29. The van der Waals surface area contributed by atoms with Crippen LogP contribution in [0.1, 0.15) is 13.8 Å². The number of carbonyl (C=O) groups is 1. The van der Waals surface area contributed by atoms with E-state index in [1.165, 1.54) is 18.2 Å². The van der Waals surface area contributed by atoms with Gasteiger partial charge in [-0.05, 0) is 18.1 Å². The van der Waals surface area contributed by atoms with Gasteiger partial charge in [-0.15, -0.1) is 0 Å². The Balaban J connectivity index is 2.32. The van der Waals surface area contributed by atoms with Crippen molar-refractivity contribution >= 4 is 16.0 Å². The first-order valence-electron chi connectivity index (χ1n) is 6.77. The molecule has 0 radical (unpaired) electrons. The number of nitrogens with zero attached hydrogens (tertiary/aromatic N) is 2. The van der Waals surface area contributed by atoms with Crippen molar-refractivity contribution < 1.29 is 22.7 Å². The van der Waals surface area contributed by atoms with Crippen LogP contribution >= 0.6 is 0 Å². The van der Waals surface area contributed by atoms with Crippen LogP contribution in [0, 0.1) is 11.7 Å². The smallest absolute Gasteiger partial charge is 0.322 e. The van der Waals surface area contributed by atoms with Gasteiger partial charge < -0.3 is 5.11 Å². The lowest BCUT2D eigenvalue weighted by atomic mass is 10.1. The normalized spacial score (nSPS) is 13.2. The van der Waals surface area contributed by atoms with Gasteiger partial charge in [0.2, 0.25) is 10.0 Å². The highest BCUT2D eigenvalue weighted by molar-refractivity contribution is 7.89. The van der Waals surface area contributed by atoms with Gasteiger partial charge in [0.15, 0.2) is 0 Å². The van der Waals surface area contributed by atoms with Crippen LogP contribution in [-0.2, 0) is 14.8 Å². The molecule has 2 aromatic rings. The topological polar surface area (TPSA) is 101 Å². The van der Waals surface area contributed by atoms with E-state index < -0.39 is 33.8 Å². The van der Waals surface area contributed by atoms with Gasteiger partial charge >= 0.3 is 5.97 Å². The molecule has 7 nitrogen and oxygen atoms in total. The number of aromatic nitrogens is 2. The summed E-state index contributed by atoms with van der Waals surface area (Å²) in [6.07, 6.45) is 2.16. The van der Waals surface area contributed by atoms with E-state index in [2.05, 4.69) is 9.82 Å². The lowest BCUT2D eigenvalue weighted by molar-refractivity contribution is -0.140. The van der Waals surface area contributed by atoms with Crippen LogP contribution in [-0.4, -0.2) is 35.3 Å². The third-order valence-electron chi connectivity index (χ3n) is 3.18. The number of hydrogen-bond donors (Lipinski definition) is 2. The first kappa shape index (κ1) is 17.1. The summed E-state index contributed by atoms with van der Waals surface area (Å²) in [6.45, 7) is 3.17. The number of aliphatic carboxylic acids is 1. The SMILES string of the molecule is CC(C)C(NS(=O)(=O)c1cnn(-c2ccccc2F)c1)C(=O)O. The van der Waals surface area contributed by atoms with Crippen LogP contribution < -0.4 is 4.72 Å². The molecular formula is C14H16FN3O4S. The van der Waals surface area contributed by atoms with E-state index in [4.69, 9.17) is 5.11 Å². The molecule has 0 saturated heterocycles. The first-order chi connectivity index (χ1) is 10.7. The summed E-state index contributed by atoms with van der Waals surface area (Å²) in [7, 11) is -4.09. The van der Waals surface area contributed by atoms with Gasteiger partial charge in [0.05, 0.1) is 12.4 Å². The first-order valence-corrected chi connectivity index (χ1v) is 8.25. The predicted octanol–water partition coefficient (Wildman–Crippen LogP) is 1.40. The zero-order chi connectivity index (χ0) is 17.2.